The van der Waals surface area contributed by atoms with Gasteiger partial charge < -0.3 is 25.9 Å². The standard InChI is InChI=1S/C24H23ClFN5O3/c25-18-11-15(4-6-19(18)26)31-23-17-10-14(3-7-21(17)29-13-30-23)22-8-5-16(34-22)12-28-9-1-2-20(27)24(32)33/h3-8,10-11,13,20,28H,1-2,9,12,27H2,(H,32,33)(H,29,30,31). The number of nitrogens with one attached hydrogen (secondary N) is 2. The van der Waals surface area contributed by atoms with E-state index in [2.05, 4.69) is 20.6 Å². The van der Waals surface area contributed by atoms with Crippen LogP contribution in [0, 0.1) is 5.82 Å². The monoisotopic (exact) mass is 483 g/mol. The van der Waals surface area contributed by atoms with Gasteiger partial charge in [-0.2, -0.15) is 0 Å². The van der Waals surface area contributed by atoms with Crippen LogP contribution in [0.2, 0.25) is 5.02 Å². The lowest BCUT2D eigenvalue weighted by molar-refractivity contribution is -0.138. The summed E-state index contributed by atoms with van der Waals surface area (Å²) in [5, 5.41) is 16.0. The molecule has 4 rings (SSSR count). The first-order valence-electron chi connectivity index (χ1n) is 10.7. The number of hydrogen-bond acceptors (Lipinski definition) is 7. The van der Waals surface area contributed by atoms with E-state index >= 15 is 0 Å². The van der Waals surface area contributed by atoms with E-state index in [4.69, 9.17) is 26.9 Å². The van der Waals surface area contributed by atoms with Gasteiger partial charge in [0.1, 0.15) is 35.5 Å². The number of carboxylic acids is 1. The summed E-state index contributed by atoms with van der Waals surface area (Å²) in [6.07, 6.45) is 2.52. The first-order chi connectivity index (χ1) is 16.4. The number of aliphatic carboxylic acids is 1. The van der Waals surface area contributed by atoms with Crippen molar-refractivity contribution >= 4 is 40.0 Å². The average Bonchev–Trinajstić information content (AvgIpc) is 3.30. The molecule has 8 nitrogen and oxygen atoms in total. The molecular weight excluding hydrogens is 461 g/mol. The van der Waals surface area contributed by atoms with E-state index in [9.17, 15) is 9.18 Å². The first kappa shape index (κ1) is 23.6. The van der Waals surface area contributed by atoms with Gasteiger partial charge in [0.2, 0.25) is 0 Å². The molecule has 0 fully saturated rings. The number of carboxylic acid groups (broad SMARTS) is 1. The second kappa shape index (κ2) is 10.6. The predicted molar refractivity (Wildman–Crippen MR) is 128 cm³/mol. The van der Waals surface area contributed by atoms with Crippen LogP contribution in [0.25, 0.3) is 22.2 Å². The molecule has 0 bridgehead atoms. The third-order valence-electron chi connectivity index (χ3n) is 5.25. The van der Waals surface area contributed by atoms with Gasteiger partial charge in [0.25, 0.3) is 0 Å². The Balaban J connectivity index is 1.45. The smallest absolute Gasteiger partial charge is 0.320 e. The summed E-state index contributed by atoms with van der Waals surface area (Å²) in [7, 11) is 0. The molecular formula is C24H23ClFN5O3. The second-order valence-corrected chi connectivity index (χ2v) is 8.14. The Morgan fingerprint density at radius 2 is 2.03 bits per heavy atom. The molecule has 0 saturated carbocycles. The maximum Gasteiger partial charge on any atom is 0.320 e. The molecule has 10 heteroatoms. The van der Waals surface area contributed by atoms with Crippen molar-refractivity contribution in [2.45, 2.75) is 25.4 Å². The van der Waals surface area contributed by atoms with Crippen LogP contribution in [0.15, 0.2) is 59.3 Å². The van der Waals surface area contributed by atoms with Gasteiger partial charge in [0.05, 0.1) is 17.1 Å². The second-order valence-electron chi connectivity index (χ2n) is 7.74. The molecule has 176 valence electrons. The summed E-state index contributed by atoms with van der Waals surface area (Å²) in [6.45, 7) is 1.14. The lowest BCUT2D eigenvalue weighted by Gasteiger charge is -2.10. The number of halogens is 2. The summed E-state index contributed by atoms with van der Waals surface area (Å²) < 4.78 is 19.5. The minimum absolute atomic E-state index is 0.0190. The highest BCUT2D eigenvalue weighted by molar-refractivity contribution is 6.31. The van der Waals surface area contributed by atoms with Crippen LogP contribution in [0.5, 0.6) is 0 Å². The van der Waals surface area contributed by atoms with Gasteiger partial charge in [-0.1, -0.05) is 11.6 Å². The number of anilines is 2. The van der Waals surface area contributed by atoms with E-state index in [0.717, 1.165) is 22.2 Å². The number of benzene rings is 2. The average molecular weight is 484 g/mol. The number of fused-ring (bicyclic) bond motifs is 1. The summed E-state index contributed by atoms with van der Waals surface area (Å²) in [5.41, 5.74) is 7.69. The Bertz CT molecular complexity index is 1310. The largest absolute Gasteiger partial charge is 0.480 e. The SMILES string of the molecule is NC(CCCNCc1ccc(-c2ccc3ncnc(Nc4ccc(F)c(Cl)c4)c3c2)o1)C(=O)O. The van der Waals surface area contributed by atoms with Crippen molar-refractivity contribution in [2.24, 2.45) is 5.73 Å². The number of aromatic nitrogens is 2. The van der Waals surface area contributed by atoms with Crippen molar-refractivity contribution < 1.29 is 18.7 Å². The summed E-state index contributed by atoms with van der Waals surface area (Å²) in [4.78, 5) is 19.4. The summed E-state index contributed by atoms with van der Waals surface area (Å²) in [5.74, 6) is 0.514. The molecule has 0 saturated heterocycles. The van der Waals surface area contributed by atoms with Crippen molar-refractivity contribution in [3.63, 3.8) is 0 Å². The van der Waals surface area contributed by atoms with Crippen LogP contribution in [0.3, 0.4) is 0 Å². The first-order valence-corrected chi connectivity index (χ1v) is 11.0. The Labute approximate surface area is 200 Å². The van der Waals surface area contributed by atoms with E-state index in [1.165, 1.54) is 18.5 Å². The van der Waals surface area contributed by atoms with Gasteiger partial charge in [0.15, 0.2) is 0 Å². The van der Waals surface area contributed by atoms with Crippen LogP contribution in [0.4, 0.5) is 15.9 Å². The lowest BCUT2D eigenvalue weighted by Crippen LogP contribution is -2.30. The zero-order chi connectivity index (χ0) is 24.1. The van der Waals surface area contributed by atoms with Crippen molar-refractivity contribution in [3.8, 4) is 11.3 Å². The summed E-state index contributed by atoms with van der Waals surface area (Å²) >= 11 is 5.89. The molecule has 1 atom stereocenters. The zero-order valence-electron chi connectivity index (χ0n) is 18.1. The van der Waals surface area contributed by atoms with Gasteiger partial charge in [-0.3, -0.25) is 4.79 Å². The van der Waals surface area contributed by atoms with Gasteiger partial charge >= 0.3 is 5.97 Å². The van der Waals surface area contributed by atoms with Gasteiger partial charge in [0, 0.05) is 16.6 Å². The fraction of sp³-hybridized carbons (Fsp3) is 0.208. The minimum atomic E-state index is -0.990. The maximum absolute atomic E-state index is 13.5. The fourth-order valence-corrected chi connectivity index (χ4v) is 3.61. The van der Waals surface area contributed by atoms with E-state index in [1.807, 2.05) is 30.3 Å². The normalized spacial score (nSPS) is 12.1. The number of rotatable bonds is 10. The van der Waals surface area contributed by atoms with E-state index < -0.39 is 17.8 Å². The minimum Gasteiger partial charge on any atom is -0.480 e. The lowest BCUT2D eigenvalue weighted by atomic mass is 10.1. The molecule has 34 heavy (non-hydrogen) atoms. The molecule has 0 aliphatic carbocycles. The van der Waals surface area contributed by atoms with Crippen molar-refractivity contribution in [1.82, 2.24) is 15.3 Å². The van der Waals surface area contributed by atoms with Crippen LogP contribution >= 0.6 is 11.6 Å². The maximum atomic E-state index is 13.5. The van der Waals surface area contributed by atoms with Crippen LogP contribution in [-0.4, -0.2) is 33.6 Å². The molecule has 0 aliphatic heterocycles. The Hall–Kier alpha value is -3.53. The number of carbonyl (C=O) groups is 1. The molecule has 5 N–H and O–H groups in total. The molecule has 0 radical (unpaired) electrons. The number of hydrogen-bond donors (Lipinski definition) is 4. The zero-order valence-corrected chi connectivity index (χ0v) is 18.8. The topological polar surface area (TPSA) is 126 Å². The van der Waals surface area contributed by atoms with E-state index in [0.29, 0.717) is 43.2 Å². The molecule has 4 aromatic rings. The Kier molecular flexibility index (Phi) is 7.36. The summed E-state index contributed by atoms with van der Waals surface area (Å²) in [6, 6.07) is 13.0. The van der Waals surface area contributed by atoms with Crippen molar-refractivity contribution in [1.29, 1.82) is 0 Å². The van der Waals surface area contributed by atoms with E-state index in [1.54, 1.807) is 6.07 Å². The molecule has 0 aliphatic rings. The third-order valence-corrected chi connectivity index (χ3v) is 5.54. The number of nitrogens with two attached hydrogens (primary N) is 1. The molecule has 1 unspecified atom stereocenters. The van der Waals surface area contributed by atoms with Gasteiger partial charge in [-0.15, -0.1) is 0 Å². The van der Waals surface area contributed by atoms with Crippen LogP contribution in [-0.2, 0) is 11.3 Å². The van der Waals surface area contributed by atoms with Crippen molar-refractivity contribution in [3.05, 3.63) is 71.5 Å². The van der Waals surface area contributed by atoms with Gasteiger partial charge in [-0.25, -0.2) is 14.4 Å². The number of nitrogens with zero attached hydrogens (tertiary/aromatic N) is 2. The highest BCUT2D eigenvalue weighted by Crippen LogP contribution is 2.30. The van der Waals surface area contributed by atoms with E-state index in [-0.39, 0.29) is 5.02 Å². The Morgan fingerprint density at radius 3 is 2.82 bits per heavy atom. The van der Waals surface area contributed by atoms with Crippen LogP contribution in [0.1, 0.15) is 18.6 Å². The fourth-order valence-electron chi connectivity index (χ4n) is 3.43. The van der Waals surface area contributed by atoms with Gasteiger partial charge in [-0.05, 0) is 67.9 Å². The molecule has 0 amide bonds. The molecule has 2 aromatic heterocycles. The molecule has 2 heterocycles. The quantitative estimate of drug-likeness (QED) is 0.239. The highest BCUT2D eigenvalue weighted by atomic mass is 35.5. The third kappa shape index (κ3) is 5.69. The molecule has 2 aromatic carbocycles. The number of furan rings is 1. The Morgan fingerprint density at radius 1 is 1.18 bits per heavy atom. The van der Waals surface area contributed by atoms with Crippen LogP contribution < -0.4 is 16.4 Å². The highest BCUT2D eigenvalue weighted by Gasteiger charge is 2.12. The van der Waals surface area contributed by atoms with Crippen molar-refractivity contribution in [2.75, 3.05) is 11.9 Å². The molecule has 0 spiro atoms. The predicted octanol–water partition coefficient (Wildman–Crippen LogP) is 4.71.